The minimum absolute atomic E-state index is 0.663. The van der Waals surface area contributed by atoms with Gasteiger partial charge in [-0.15, -0.1) is 0 Å². The molecule has 0 spiro atoms. The van der Waals surface area contributed by atoms with Crippen molar-refractivity contribution in [2.24, 2.45) is 16.8 Å². The van der Waals surface area contributed by atoms with Crippen LogP contribution in [0.25, 0.3) is 0 Å². The Bertz CT molecular complexity index is 478. The van der Waals surface area contributed by atoms with Gasteiger partial charge in [0, 0.05) is 11.9 Å². The maximum absolute atomic E-state index is 4.76. The van der Waals surface area contributed by atoms with Crippen LogP contribution in [0.4, 0.5) is 0 Å². The first kappa shape index (κ1) is 12.7. The highest BCUT2D eigenvalue weighted by atomic mass is 14.7. The summed E-state index contributed by atoms with van der Waals surface area (Å²) < 4.78 is 0. The van der Waals surface area contributed by atoms with Crippen LogP contribution in [0.3, 0.4) is 0 Å². The van der Waals surface area contributed by atoms with E-state index in [-0.39, 0.29) is 0 Å². The van der Waals surface area contributed by atoms with Gasteiger partial charge in [-0.1, -0.05) is 56.5 Å². The Morgan fingerprint density at radius 3 is 2.42 bits per heavy atom. The zero-order valence-electron chi connectivity index (χ0n) is 11.8. The number of hydrogen-bond acceptors (Lipinski definition) is 1. The third kappa shape index (κ3) is 2.80. The number of rotatable bonds is 2. The van der Waals surface area contributed by atoms with Crippen molar-refractivity contribution in [1.82, 2.24) is 0 Å². The van der Waals surface area contributed by atoms with Crippen LogP contribution in [0.15, 0.2) is 47.1 Å². The van der Waals surface area contributed by atoms with Crippen LogP contribution >= 0.6 is 0 Å². The van der Waals surface area contributed by atoms with Crippen LogP contribution in [0, 0.1) is 11.8 Å². The molecule has 0 saturated heterocycles. The van der Waals surface area contributed by atoms with Gasteiger partial charge in [-0.3, -0.25) is 4.99 Å². The molecule has 1 heterocycles. The molecule has 1 aromatic rings. The van der Waals surface area contributed by atoms with E-state index in [0.29, 0.717) is 5.92 Å². The third-order valence-electron chi connectivity index (χ3n) is 4.62. The van der Waals surface area contributed by atoms with Crippen molar-refractivity contribution in [3.05, 3.63) is 47.7 Å². The Balaban J connectivity index is 1.81. The first-order valence-corrected chi connectivity index (χ1v) is 7.66. The molecule has 1 unspecified atom stereocenters. The van der Waals surface area contributed by atoms with Crippen molar-refractivity contribution in [3.8, 4) is 0 Å². The minimum Gasteiger partial charge on any atom is -0.261 e. The SMILES string of the molecule is CC1CC(c2ccccc2)=NC=C1C1CCCCC1. The first-order valence-electron chi connectivity index (χ1n) is 7.66. The standard InChI is InChI=1S/C18H23N/c1-14-12-18(16-10-6-3-7-11-16)19-13-17(14)15-8-4-2-5-9-15/h3,6-7,10-11,13-15H,2,4-5,8-9,12H2,1H3. The van der Waals surface area contributed by atoms with Crippen LogP contribution in [0.2, 0.25) is 0 Å². The van der Waals surface area contributed by atoms with Gasteiger partial charge in [0.2, 0.25) is 0 Å². The summed E-state index contributed by atoms with van der Waals surface area (Å²) in [5, 5.41) is 0. The van der Waals surface area contributed by atoms with E-state index in [2.05, 4.69) is 43.5 Å². The summed E-state index contributed by atoms with van der Waals surface area (Å²) in [6, 6.07) is 10.6. The van der Waals surface area contributed by atoms with Crippen LogP contribution in [0.5, 0.6) is 0 Å². The Morgan fingerprint density at radius 2 is 1.74 bits per heavy atom. The van der Waals surface area contributed by atoms with Crippen molar-refractivity contribution in [2.75, 3.05) is 0 Å². The Labute approximate surface area is 116 Å². The van der Waals surface area contributed by atoms with E-state index in [4.69, 9.17) is 4.99 Å². The minimum atomic E-state index is 0.663. The highest BCUT2D eigenvalue weighted by Gasteiger charge is 2.25. The van der Waals surface area contributed by atoms with Gasteiger partial charge >= 0.3 is 0 Å². The van der Waals surface area contributed by atoms with Crippen LogP contribution in [-0.4, -0.2) is 5.71 Å². The van der Waals surface area contributed by atoms with Gasteiger partial charge in [0.1, 0.15) is 0 Å². The highest BCUT2D eigenvalue weighted by molar-refractivity contribution is 6.01. The van der Waals surface area contributed by atoms with Crippen LogP contribution in [-0.2, 0) is 0 Å². The van der Waals surface area contributed by atoms with E-state index >= 15 is 0 Å². The monoisotopic (exact) mass is 253 g/mol. The molecular weight excluding hydrogens is 230 g/mol. The van der Waals surface area contributed by atoms with E-state index in [1.807, 2.05) is 0 Å². The number of aliphatic imine (C=N–C) groups is 1. The van der Waals surface area contributed by atoms with Crippen molar-refractivity contribution in [3.63, 3.8) is 0 Å². The predicted octanol–water partition coefficient (Wildman–Crippen LogP) is 4.98. The maximum atomic E-state index is 4.76. The van der Waals surface area contributed by atoms with Crippen molar-refractivity contribution in [2.45, 2.75) is 45.4 Å². The van der Waals surface area contributed by atoms with Crippen molar-refractivity contribution in [1.29, 1.82) is 0 Å². The molecule has 0 amide bonds. The number of allylic oxidation sites excluding steroid dienone is 1. The number of nitrogens with zero attached hydrogens (tertiary/aromatic N) is 1. The van der Waals surface area contributed by atoms with E-state index in [1.165, 1.54) is 43.4 Å². The molecule has 19 heavy (non-hydrogen) atoms. The fourth-order valence-electron chi connectivity index (χ4n) is 3.51. The molecule has 1 fully saturated rings. The Kier molecular flexibility index (Phi) is 3.82. The van der Waals surface area contributed by atoms with E-state index in [0.717, 1.165) is 12.3 Å². The van der Waals surface area contributed by atoms with Gasteiger partial charge in [-0.2, -0.15) is 0 Å². The van der Waals surface area contributed by atoms with Gasteiger partial charge in [0.05, 0.1) is 0 Å². The topological polar surface area (TPSA) is 12.4 Å². The quantitative estimate of drug-likeness (QED) is 0.705. The van der Waals surface area contributed by atoms with Gasteiger partial charge in [-0.05, 0) is 42.2 Å². The summed E-state index contributed by atoms with van der Waals surface area (Å²) in [6.07, 6.45) is 10.3. The van der Waals surface area contributed by atoms with E-state index < -0.39 is 0 Å². The van der Waals surface area contributed by atoms with Gasteiger partial charge < -0.3 is 0 Å². The molecule has 1 aliphatic carbocycles. The summed E-state index contributed by atoms with van der Waals surface area (Å²) in [7, 11) is 0. The Morgan fingerprint density at radius 1 is 1.00 bits per heavy atom. The smallest absolute Gasteiger partial charge is 0.0481 e. The first-order chi connectivity index (χ1) is 9.34. The number of benzene rings is 1. The van der Waals surface area contributed by atoms with Crippen molar-refractivity contribution >= 4 is 5.71 Å². The van der Waals surface area contributed by atoms with Gasteiger partial charge in [-0.25, -0.2) is 0 Å². The average Bonchev–Trinajstić information content (AvgIpc) is 2.49. The lowest BCUT2D eigenvalue weighted by atomic mass is 9.77. The molecule has 1 saturated carbocycles. The summed E-state index contributed by atoms with van der Waals surface area (Å²) >= 11 is 0. The molecular formula is C18H23N. The molecule has 2 aliphatic rings. The lowest BCUT2D eigenvalue weighted by Crippen LogP contribution is -2.20. The van der Waals surface area contributed by atoms with Crippen LogP contribution < -0.4 is 0 Å². The van der Waals surface area contributed by atoms with Crippen LogP contribution in [0.1, 0.15) is 51.0 Å². The summed E-state index contributed by atoms with van der Waals surface area (Å²) in [5.74, 6) is 1.47. The second-order valence-electron chi connectivity index (χ2n) is 6.01. The fraction of sp³-hybridized carbons (Fsp3) is 0.500. The van der Waals surface area contributed by atoms with Crippen molar-refractivity contribution < 1.29 is 0 Å². The molecule has 0 bridgehead atoms. The maximum Gasteiger partial charge on any atom is 0.0481 e. The van der Waals surface area contributed by atoms with E-state index in [1.54, 1.807) is 5.57 Å². The summed E-state index contributed by atoms with van der Waals surface area (Å²) in [6.45, 7) is 2.37. The largest absolute Gasteiger partial charge is 0.261 e. The zero-order chi connectivity index (χ0) is 13.1. The average molecular weight is 253 g/mol. The summed E-state index contributed by atoms with van der Waals surface area (Å²) in [4.78, 5) is 4.76. The second kappa shape index (κ2) is 5.73. The van der Waals surface area contributed by atoms with E-state index in [9.17, 15) is 0 Å². The summed E-state index contributed by atoms with van der Waals surface area (Å²) in [5.41, 5.74) is 4.15. The molecule has 1 atom stereocenters. The molecule has 1 aromatic carbocycles. The fourth-order valence-corrected chi connectivity index (χ4v) is 3.51. The third-order valence-corrected chi connectivity index (χ3v) is 4.62. The molecule has 1 heteroatoms. The highest BCUT2D eigenvalue weighted by Crippen LogP contribution is 2.36. The predicted molar refractivity (Wildman–Crippen MR) is 81.4 cm³/mol. The zero-order valence-corrected chi connectivity index (χ0v) is 11.8. The molecule has 1 aliphatic heterocycles. The molecule has 0 N–H and O–H groups in total. The lowest BCUT2D eigenvalue weighted by Gasteiger charge is -2.30. The van der Waals surface area contributed by atoms with Gasteiger partial charge in [0.25, 0.3) is 0 Å². The molecule has 100 valence electrons. The second-order valence-corrected chi connectivity index (χ2v) is 6.01. The Hall–Kier alpha value is -1.37. The molecule has 0 aromatic heterocycles. The molecule has 0 radical (unpaired) electrons. The molecule has 1 nitrogen and oxygen atoms in total. The normalized spacial score (nSPS) is 24.8. The van der Waals surface area contributed by atoms with Gasteiger partial charge in [0.15, 0.2) is 0 Å². The number of hydrogen-bond donors (Lipinski definition) is 0. The molecule has 3 rings (SSSR count). The lowest BCUT2D eigenvalue weighted by molar-refractivity contribution is 0.375.